The highest BCUT2D eigenvalue weighted by atomic mass is 35.5. The van der Waals surface area contributed by atoms with E-state index in [2.05, 4.69) is 4.98 Å². The molecule has 1 atom stereocenters. The van der Waals surface area contributed by atoms with E-state index in [-0.39, 0.29) is 23.9 Å². The largest absolute Gasteiger partial charge is 0.445 e. The Bertz CT molecular complexity index is 876. The van der Waals surface area contributed by atoms with E-state index in [1.807, 2.05) is 55.7 Å². The van der Waals surface area contributed by atoms with Crippen LogP contribution in [-0.2, 0) is 16.0 Å². The van der Waals surface area contributed by atoms with E-state index in [0.29, 0.717) is 18.8 Å². The highest BCUT2D eigenvalue weighted by molar-refractivity contribution is 6.17. The molecule has 3 rings (SSSR count). The lowest BCUT2D eigenvalue weighted by atomic mass is 10.0. The van der Waals surface area contributed by atoms with Crippen molar-refractivity contribution in [2.45, 2.75) is 58.2 Å². The average molecular weight is 434 g/mol. The van der Waals surface area contributed by atoms with E-state index in [1.165, 1.54) is 0 Å². The maximum Gasteiger partial charge on any atom is 0.410 e. The molecule has 1 aliphatic rings. The molecule has 0 aliphatic carbocycles. The third-order valence-electron chi connectivity index (χ3n) is 4.93. The molecule has 0 radical (unpaired) electrons. The summed E-state index contributed by atoms with van der Waals surface area (Å²) < 4.78 is 12.5. The van der Waals surface area contributed by atoms with Crippen molar-refractivity contribution >= 4 is 23.7 Å². The number of piperidine rings is 1. The number of hydrogen-bond donors (Lipinski definition) is 0. The first kappa shape index (κ1) is 22.2. The number of benzene rings is 1. The minimum Gasteiger partial charge on any atom is -0.445 e. The molecule has 0 N–H and O–H groups in total. The molecule has 0 saturated carbocycles. The van der Waals surface area contributed by atoms with Crippen molar-refractivity contribution in [1.82, 2.24) is 14.5 Å². The molecule has 1 saturated heterocycles. The SMILES string of the molecule is CC(C)(C)OC(=O)N1CCCCC1Cn1cnc(C(=O)OCCl)c1-c1ccccc1. The summed E-state index contributed by atoms with van der Waals surface area (Å²) in [6.45, 7) is 6.74. The maximum atomic E-state index is 12.8. The van der Waals surface area contributed by atoms with Crippen molar-refractivity contribution in [1.29, 1.82) is 0 Å². The van der Waals surface area contributed by atoms with Gasteiger partial charge in [-0.2, -0.15) is 0 Å². The molecule has 2 aromatic rings. The molecule has 8 heteroatoms. The van der Waals surface area contributed by atoms with Gasteiger partial charge in [0.05, 0.1) is 18.1 Å². The molecule has 1 aromatic heterocycles. The van der Waals surface area contributed by atoms with E-state index < -0.39 is 11.6 Å². The van der Waals surface area contributed by atoms with Crippen LogP contribution in [-0.4, -0.2) is 50.8 Å². The smallest absolute Gasteiger partial charge is 0.410 e. The standard InChI is InChI=1S/C22H28ClN3O4/c1-22(2,3)30-21(28)26-12-8-7-11-17(26)13-25-15-24-18(20(27)29-14-23)19(25)16-9-5-4-6-10-16/h4-6,9-10,15,17H,7-8,11-14H2,1-3H3. The third kappa shape index (κ3) is 5.33. The van der Waals surface area contributed by atoms with Crippen LogP contribution in [0.2, 0.25) is 0 Å². The zero-order chi connectivity index (χ0) is 21.7. The van der Waals surface area contributed by atoms with Gasteiger partial charge >= 0.3 is 12.1 Å². The van der Waals surface area contributed by atoms with Gasteiger partial charge in [-0.1, -0.05) is 41.9 Å². The summed E-state index contributed by atoms with van der Waals surface area (Å²) in [6.07, 6.45) is 4.14. The summed E-state index contributed by atoms with van der Waals surface area (Å²) in [4.78, 5) is 31.3. The van der Waals surface area contributed by atoms with Crippen molar-refractivity contribution < 1.29 is 19.1 Å². The number of nitrogens with zero attached hydrogens (tertiary/aromatic N) is 3. The number of likely N-dealkylation sites (tertiary alicyclic amines) is 1. The molecule has 162 valence electrons. The summed E-state index contributed by atoms with van der Waals surface area (Å²) >= 11 is 5.58. The number of halogens is 1. The fourth-order valence-electron chi connectivity index (χ4n) is 3.66. The topological polar surface area (TPSA) is 73.7 Å². The Balaban J connectivity index is 1.91. The van der Waals surface area contributed by atoms with E-state index in [4.69, 9.17) is 21.1 Å². The van der Waals surface area contributed by atoms with Gasteiger partial charge < -0.3 is 18.9 Å². The van der Waals surface area contributed by atoms with Crippen molar-refractivity contribution in [3.8, 4) is 11.3 Å². The zero-order valence-corrected chi connectivity index (χ0v) is 18.4. The molecule has 1 unspecified atom stereocenters. The Hall–Kier alpha value is -2.54. The summed E-state index contributed by atoms with van der Waals surface area (Å²) in [5.41, 5.74) is 1.15. The van der Waals surface area contributed by atoms with Gasteiger partial charge in [0.25, 0.3) is 0 Å². The minimum atomic E-state index is -0.574. The first-order valence-electron chi connectivity index (χ1n) is 10.1. The van der Waals surface area contributed by atoms with Crippen LogP contribution < -0.4 is 0 Å². The first-order valence-corrected chi connectivity index (χ1v) is 10.7. The Morgan fingerprint density at radius 2 is 1.93 bits per heavy atom. The second-order valence-corrected chi connectivity index (χ2v) is 8.54. The minimum absolute atomic E-state index is 0.0536. The van der Waals surface area contributed by atoms with Gasteiger partial charge in [0.2, 0.25) is 0 Å². The number of alkyl halides is 1. The third-order valence-corrected chi connectivity index (χ3v) is 5.04. The number of amides is 1. The summed E-state index contributed by atoms with van der Waals surface area (Å²) in [5.74, 6) is -0.574. The summed E-state index contributed by atoms with van der Waals surface area (Å²) in [7, 11) is 0. The first-order chi connectivity index (χ1) is 14.3. The normalized spacial score (nSPS) is 16.9. The van der Waals surface area contributed by atoms with E-state index in [9.17, 15) is 9.59 Å². The molecule has 1 aromatic carbocycles. The monoisotopic (exact) mass is 433 g/mol. The number of carbonyl (C=O) groups is 2. The van der Waals surface area contributed by atoms with E-state index in [1.54, 1.807) is 11.2 Å². The van der Waals surface area contributed by atoms with Gasteiger partial charge in [0.1, 0.15) is 5.60 Å². The van der Waals surface area contributed by atoms with Crippen LogP contribution in [0.15, 0.2) is 36.7 Å². The van der Waals surface area contributed by atoms with Gasteiger partial charge in [-0.25, -0.2) is 14.6 Å². The number of ether oxygens (including phenoxy) is 2. The van der Waals surface area contributed by atoms with Crippen LogP contribution >= 0.6 is 11.6 Å². The lowest BCUT2D eigenvalue weighted by Crippen LogP contribution is -2.47. The molecule has 0 spiro atoms. The zero-order valence-electron chi connectivity index (χ0n) is 17.6. The Morgan fingerprint density at radius 1 is 1.20 bits per heavy atom. The fraction of sp³-hybridized carbons (Fsp3) is 0.500. The van der Waals surface area contributed by atoms with Crippen molar-refractivity contribution in [3.63, 3.8) is 0 Å². The number of imidazole rings is 1. The molecule has 1 amide bonds. The van der Waals surface area contributed by atoms with Crippen LogP contribution in [0, 0.1) is 0 Å². The lowest BCUT2D eigenvalue weighted by Gasteiger charge is -2.37. The van der Waals surface area contributed by atoms with Gasteiger partial charge in [0, 0.05) is 18.7 Å². The second kappa shape index (κ2) is 9.51. The predicted molar refractivity (Wildman–Crippen MR) is 114 cm³/mol. The van der Waals surface area contributed by atoms with Crippen LogP contribution in [0.1, 0.15) is 50.5 Å². The van der Waals surface area contributed by atoms with Crippen molar-refractivity contribution in [2.24, 2.45) is 0 Å². The highest BCUT2D eigenvalue weighted by Crippen LogP contribution is 2.27. The highest BCUT2D eigenvalue weighted by Gasteiger charge is 2.32. The molecule has 1 aliphatic heterocycles. The summed E-state index contributed by atoms with van der Waals surface area (Å²) in [6, 6.07) is 9.24. The Labute approximate surface area is 181 Å². The van der Waals surface area contributed by atoms with Crippen LogP contribution in [0.3, 0.4) is 0 Å². The van der Waals surface area contributed by atoms with E-state index >= 15 is 0 Å². The Kier molecular flexibility index (Phi) is 7.02. The number of aromatic nitrogens is 2. The fourth-order valence-corrected chi connectivity index (χ4v) is 3.76. The number of hydrogen-bond acceptors (Lipinski definition) is 5. The van der Waals surface area contributed by atoms with Crippen LogP contribution in [0.5, 0.6) is 0 Å². The number of rotatable bonds is 5. The molecule has 0 bridgehead atoms. The molecule has 2 heterocycles. The predicted octanol–water partition coefficient (Wildman–Crippen LogP) is 4.69. The van der Waals surface area contributed by atoms with E-state index in [0.717, 1.165) is 24.8 Å². The molecule has 1 fully saturated rings. The molecular weight excluding hydrogens is 406 g/mol. The average Bonchev–Trinajstić information content (AvgIpc) is 3.11. The van der Waals surface area contributed by atoms with Crippen molar-refractivity contribution in [2.75, 3.05) is 12.6 Å². The van der Waals surface area contributed by atoms with Crippen LogP contribution in [0.25, 0.3) is 11.3 Å². The lowest BCUT2D eigenvalue weighted by molar-refractivity contribution is 0.00781. The second-order valence-electron chi connectivity index (χ2n) is 8.32. The van der Waals surface area contributed by atoms with Crippen LogP contribution in [0.4, 0.5) is 4.79 Å². The summed E-state index contributed by atoms with van der Waals surface area (Å²) in [5, 5.41) is 0. The molecule has 30 heavy (non-hydrogen) atoms. The van der Waals surface area contributed by atoms with Gasteiger partial charge in [-0.05, 0) is 40.0 Å². The molecule has 7 nitrogen and oxygen atoms in total. The quantitative estimate of drug-likeness (QED) is 0.505. The maximum absolute atomic E-state index is 12.8. The number of carbonyl (C=O) groups excluding carboxylic acids is 2. The van der Waals surface area contributed by atoms with Gasteiger partial charge in [-0.15, -0.1) is 0 Å². The molecular formula is C22H28ClN3O4. The van der Waals surface area contributed by atoms with Gasteiger partial charge in [0.15, 0.2) is 11.8 Å². The number of esters is 1. The van der Waals surface area contributed by atoms with Gasteiger partial charge in [-0.3, -0.25) is 0 Å². The van der Waals surface area contributed by atoms with Crippen molar-refractivity contribution in [3.05, 3.63) is 42.4 Å². The Morgan fingerprint density at radius 3 is 2.60 bits per heavy atom.